The molecule has 1 saturated heterocycles. The number of aliphatic hydroxyl groups excluding tert-OH is 2. The number of aryl methyl sites for hydroxylation is 4. The Labute approximate surface area is 192 Å². The van der Waals surface area contributed by atoms with E-state index in [4.69, 9.17) is 4.98 Å². The van der Waals surface area contributed by atoms with Crippen molar-refractivity contribution in [1.29, 1.82) is 0 Å². The van der Waals surface area contributed by atoms with Crippen LogP contribution in [0.3, 0.4) is 0 Å². The summed E-state index contributed by atoms with van der Waals surface area (Å²) in [4.78, 5) is 7.43. The number of fused-ring (bicyclic) bond motifs is 1. The van der Waals surface area contributed by atoms with Crippen molar-refractivity contribution in [3.05, 3.63) is 50.8 Å². The second-order valence-electron chi connectivity index (χ2n) is 8.99. The summed E-state index contributed by atoms with van der Waals surface area (Å²) in [6.07, 6.45) is 1.15. The van der Waals surface area contributed by atoms with Crippen LogP contribution in [0.1, 0.15) is 40.9 Å². The molecule has 0 bridgehead atoms. The molecule has 5 nitrogen and oxygen atoms in total. The van der Waals surface area contributed by atoms with E-state index in [1.54, 1.807) is 0 Å². The summed E-state index contributed by atoms with van der Waals surface area (Å²) in [7, 11) is 0. The topological polar surface area (TPSA) is 61.5 Å². The third kappa shape index (κ3) is 3.90. The third-order valence-electron chi connectivity index (χ3n) is 6.86. The van der Waals surface area contributed by atoms with Gasteiger partial charge in [0.05, 0.1) is 18.4 Å². The second kappa shape index (κ2) is 8.57. The van der Waals surface area contributed by atoms with E-state index in [1.807, 2.05) is 0 Å². The summed E-state index contributed by atoms with van der Waals surface area (Å²) < 4.78 is 3.41. The Morgan fingerprint density at radius 3 is 2.26 bits per heavy atom. The van der Waals surface area contributed by atoms with Gasteiger partial charge in [-0.2, -0.15) is 0 Å². The van der Waals surface area contributed by atoms with Crippen LogP contribution in [-0.2, 0) is 0 Å². The molecule has 2 aromatic heterocycles. The Bertz CT molecular complexity index is 1110. The van der Waals surface area contributed by atoms with E-state index in [-0.39, 0.29) is 12.5 Å². The van der Waals surface area contributed by atoms with Gasteiger partial charge >= 0.3 is 0 Å². The fourth-order valence-corrected chi connectivity index (χ4v) is 5.81. The van der Waals surface area contributed by atoms with Crippen LogP contribution < -0.4 is 4.90 Å². The van der Waals surface area contributed by atoms with Crippen molar-refractivity contribution >= 4 is 32.7 Å². The fourth-order valence-electron chi connectivity index (χ4n) is 5.12. The van der Waals surface area contributed by atoms with Crippen molar-refractivity contribution in [2.24, 2.45) is 5.92 Å². The maximum atomic E-state index is 10.1. The average molecular weight is 486 g/mol. The lowest BCUT2D eigenvalue weighted by molar-refractivity contribution is 0.0377. The minimum atomic E-state index is -0.616. The quantitative estimate of drug-likeness (QED) is 0.551. The molecule has 0 radical (unpaired) electrons. The highest BCUT2D eigenvalue weighted by Crippen LogP contribution is 2.38. The van der Waals surface area contributed by atoms with Crippen molar-refractivity contribution in [3.8, 4) is 5.69 Å². The molecule has 6 heteroatoms. The molecule has 1 aliphatic rings. The zero-order chi connectivity index (χ0) is 22.4. The van der Waals surface area contributed by atoms with E-state index in [0.717, 1.165) is 41.7 Å². The van der Waals surface area contributed by atoms with E-state index in [9.17, 15) is 10.2 Å². The molecule has 0 amide bonds. The molecular formula is C25H32BrN3O2. The van der Waals surface area contributed by atoms with E-state index in [1.165, 1.54) is 39.1 Å². The minimum Gasteiger partial charge on any atom is -0.394 e. The first-order valence-corrected chi connectivity index (χ1v) is 11.8. The van der Waals surface area contributed by atoms with Crippen molar-refractivity contribution < 1.29 is 10.2 Å². The zero-order valence-electron chi connectivity index (χ0n) is 19.0. The minimum absolute atomic E-state index is 0.156. The number of benzene rings is 1. The van der Waals surface area contributed by atoms with Gasteiger partial charge in [0.25, 0.3) is 0 Å². The summed E-state index contributed by atoms with van der Waals surface area (Å²) in [6, 6.07) is 6.52. The number of aromatic nitrogens is 2. The highest BCUT2D eigenvalue weighted by atomic mass is 79.9. The molecular weight excluding hydrogens is 454 g/mol. The Hall–Kier alpha value is -1.89. The molecule has 1 unspecified atom stereocenters. The molecule has 166 valence electrons. The number of hydrogen-bond acceptors (Lipinski definition) is 4. The van der Waals surface area contributed by atoms with Crippen LogP contribution >= 0.6 is 15.9 Å². The van der Waals surface area contributed by atoms with Gasteiger partial charge in [-0.3, -0.25) is 4.57 Å². The molecule has 1 atom stereocenters. The number of anilines is 1. The van der Waals surface area contributed by atoms with Gasteiger partial charge in [0.15, 0.2) is 0 Å². The Morgan fingerprint density at radius 2 is 1.68 bits per heavy atom. The maximum Gasteiger partial charge on any atom is 0.147 e. The molecule has 0 aliphatic carbocycles. The van der Waals surface area contributed by atoms with E-state index < -0.39 is 6.10 Å². The first kappa shape index (κ1) is 22.3. The second-order valence-corrected chi connectivity index (χ2v) is 9.91. The van der Waals surface area contributed by atoms with Crippen molar-refractivity contribution in [3.63, 3.8) is 0 Å². The molecule has 3 heterocycles. The number of rotatable bonds is 4. The average Bonchev–Trinajstić information content (AvgIpc) is 2.97. The van der Waals surface area contributed by atoms with Gasteiger partial charge in [-0.25, -0.2) is 4.98 Å². The molecule has 0 saturated carbocycles. The van der Waals surface area contributed by atoms with E-state index in [0.29, 0.717) is 0 Å². The van der Waals surface area contributed by atoms with E-state index >= 15 is 0 Å². The number of nitrogens with zero attached hydrogens (tertiary/aromatic N) is 3. The number of piperidine rings is 1. The molecule has 1 fully saturated rings. The SMILES string of the molecule is Cc1cc(N2CCC(C(O)CO)CC2)c2c(C)c(C)n(-c3c(C)cc(Br)cc3C)c2n1. The smallest absolute Gasteiger partial charge is 0.147 e. The van der Waals surface area contributed by atoms with Crippen molar-refractivity contribution in [2.75, 3.05) is 24.6 Å². The number of aliphatic hydroxyl groups is 2. The summed E-state index contributed by atoms with van der Waals surface area (Å²) in [5, 5.41) is 20.6. The fraction of sp³-hybridized carbons (Fsp3) is 0.480. The third-order valence-corrected chi connectivity index (χ3v) is 7.32. The van der Waals surface area contributed by atoms with Crippen molar-refractivity contribution in [1.82, 2.24) is 9.55 Å². The van der Waals surface area contributed by atoms with Gasteiger partial charge < -0.3 is 15.1 Å². The lowest BCUT2D eigenvalue weighted by atomic mass is 9.91. The lowest BCUT2D eigenvalue weighted by Gasteiger charge is -2.35. The molecule has 4 rings (SSSR count). The Kier molecular flexibility index (Phi) is 6.16. The van der Waals surface area contributed by atoms with Crippen LogP contribution in [0, 0.1) is 40.5 Å². The predicted octanol–water partition coefficient (Wildman–Crippen LogP) is 4.90. The summed E-state index contributed by atoms with van der Waals surface area (Å²) in [5.41, 5.74) is 9.36. The Balaban J connectivity index is 1.85. The molecule has 2 N–H and O–H groups in total. The summed E-state index contributed by atoms with van der Waals surface area (Å²) in [5.74, 6) is 0.167. The van der Waals surface area contributed by atoms with Gasteiger partial charge in [0, 0.05) is 40.0 Å². The van der Waals surface area contributed by atoms with Crippen LogP contribution in [0.5, 0.6) is 0 Å². The number of hydrogen-bond donors (Lipinski definition) is 2. The zero-order valence-corrected chi connectivity index (χ0v) is 20.6. The van der Waals surface area contributed by atoms with Crippen LogP contribution in [0.15, 0.2) is 22.7 Å². The van der Waals surface area contributed by atoms with Gasteiger partial charge in [0.1, 0.15) is 5.65 Å². The van der Waals surface area contributed by atoms with Crippen LogP contribution in [0.2, 0.25) is 0 Å². The monoisotopic (exact) mass is 485 g/mol. The normalized spacial score (nSPS) is 16.3. The molecule has 1 aromatic carbocycles. The maximum absolute atomic E-state index is 10.1. The first-order valence-electron chi connectivity index (χ1n) is 11.0. The van der Waals surface area contributed by atoms with Gasteiger partial charge in [-0.05, 0) is 88.3 Å². The lowest BCUT2D eigenvalue weighted by Crippen LogP contribution is -2.39. The van der Waals surface area contributed by atoms with Gasteiger partial charge in [-0.15, -0.1) is 0 Å². The first-order chi connectivity index (χ1) is 14.7. The van der Waals surface area contributed by atoms with Gasteiger partial charge in [-0.1, -0.05) is 15.9 Å². The highest BCUT2D eigenvalue weighted by molar-refractivity contribution is 9.10. The van der Waals surface area contributed by atoms with Crippen LogP contribution in [0.4, 0.5) is 5.69 Å². The van der Waals surface area contributed by atoms with Crippen molar-refractivity contribution in [2.45, 2.75) is 53.6 Å². The highest BCUT2D eigenvalue weighted by Gasteiger charge is 2.28. The summed E-state index contributed by atoms with van der Waals surface area (Å²) in [6.45, 7) is 12.3. The van der Waals surface area contributed by atoms with Crippen LogP contribution in [0.25, 0.3) is 16.7 Å². The molecule has 3 aromatic rings. The molecule has 31 heavy (non-hydrogen) atoms. The van der Waals surface area contributed by atoms with Gasteiger partial charge in [0.2, 0.25) is 0 Å². The molecule has 0 spiro atoms. The number of halogens is 1. The van der Waals surface area contributed by atoms with Crippen LogP contribution in [-0.4, -0.2) is 45.6 Å². The largest absolute Gasteiger partial charge is 0.394 e. The predicted molar refractivity (Wildman–Crippen MR) is 130 cm³/mol. The number of pyridine rings is 1. The Morgan fingerprint density at radius 1 is 1.06 bits per heavy atom. The molecule has 1 aliphatic heterocycles. The standard InChI is InChI=1S/C25H32BrN3O2/c1-14-10-20(26)11-15(2)24(14)29-18(5)17(4)23-21(12-16(3)27-25(23)29)28-8-6-19(7-9-28)22(31)13-30/h10-12,19,22,30-31H,6-9,13H2,1-5H3. The summed E-state index contributed by atoms with van der Waals surface area (Å²) >= 11 is 3.62. The van der Waals surface area contributed by atoms with E-state index in [2.05, 4.69) is 78.2 Å².